The van der Waals surface area contributed by atoms with E-state index >= 15 is 0 Å². The largest absolute Gasteiger partial charge is 0.497 e. The van der Waals surface area contributed by atoms with E-state index < -0.39 is 0 Å². The second-order valence-electron chi connectivity index (χ2n) is 8.00. The maximum Gasteiger partial charge on any atom is 0.193 e. The average molecular weight is 389 g/mol. The molecule has 0 aliphatic carbocycles. The fourth-order valence-corrected chi connectivity index (χ4v) is 4.18. The summed E-state index contributed by atoms with van der Waals surface area (Å²) in [6.45, 7) is 6.03. The molecule has 2 heterocycles. The highest BCUT2D eigenvalue weighted by atomic mass is 16.5. The van der Waals surface area contributed by atoms with E-state index in [1.807, 2.05) is 13.1 Å². The minimum Gasteiger partial charge on any atom is -0.497 e. The van der Waals surface area contributed by atoms with E-state index in [0.29, 0.717) is 5.92 Å². The first-order chi connectivity index (χ1) is 13.7. The van der Waals surface area contributed by atoms with Gasteiger partial charge in [-0.05, 0) is 49.7 Å². The van der Waals surface area contributed by atoms with Crippen molar-refractivity contribution in [2.24, 2.45) is 16.8 Å². The number of nitrogens with one attached hydrogen (secondary N) is 1. The van der Waals surface area contributed by atoms with Crippen LogP contribution in [0.15, 0.2) is 29.3 Å². The molecule has 0 radical (unpaired) electrons. The number of nitrogens with zero attached hydrogens (tertiary/aromatic N) is 3. The van der Waals surface area contributed by atoms with Crippen LogP contribution in [0.1, 0.15) is 25.7 Å². The van der Waals surface area contributed by atoms with Crippen LogP contribution in [-0.2, 0) is 4.74 Å². The Kier molecular flexibility index (Phi) is 7.83. The molecule has 0 bridgehead atoms. The molecule has 2 fully saturated rings. The normalized spacial score (nSPS) is 21.0. The van der Waals surface area contributed by atoms with Gasteiger partial charge in [0, 0.05) is 65.2 Å². The average Bonchev–Trinajstić information content (AvgIpc) is 3.22. The van der Waals surface area contributed by atoms with Gasteiger partial charge >= 0.3 is 0 Å². The number of ether oxygens (including phenoxy) is 2. The van der Waals surface area contributed by atoms with Crippen molar-refractivity contribution in [1.29, 1.82) is 0 Å². The number of hydrogen-bond donors (Lipinski definition) is 1. The van der Waals surface area contributed by atoms with E-state index in [1.54, 1.807) is 7.11 Å². The smallest absolute Gasteiger partial charge is 0.193 e. The van der Waals surface area contributed by atoms with Crippen molar-refractivity contribution in [3.63, 3.8) is 0 Å². The highest BCUT2D eigenvalue weighted by molar-refractivity contribution is 5.79. The van der Waals surface area contributed by atoms with Gasteiger partial charge < -0.3 is 24.6 Å². The van der Waals surface area contributed by atoms with Gasteiger partial charge in [0.05, 0.1) is 7.11 Å². The highest BCUT2D eigenvalue weighted by Gasteiger charge is 2.23. The van der Waals surface area contributed by atoms with Crippen molar-refractivity contribution < 1.29 is 9.47 Å². The molecule has 156 valence electrons. The van der Waals surface area contributed by atoms with Gasteiger partial charge in [0.25, 0.3) is 0 Å². The van der Waals surface area contributed by atoms with Gasteiger partial charge in [0.1, 0.15) is 5.75 Å². The Morgan fingerprint density at radius 1 is 1.29 bits per heavy atom. The first-order valence-electron chi connectivity index (χ1n) is 10.6. The number of benzene rings is 1. The van der Waals surface area contributed by atoms with E-state index in [4.69, 9.17) is 9.47 Å². The van der Waals surface area contributed by atoms with Crippen molar-refractivity contribution in [3.05, 3.63) is 24.3 Å². The van der Waals surface area contributed by atoms with Crippen molar-refractivity contribution in [2.75, 3.05) is 65.5 Å². The Labute approximate surface area is 169 Å². The Bertz CT molecular complexity index is 631. The maximum absolute atomic E-state index is 5.46. The van der Waals surface area contributed by atoms with Gasteiger partial charge in [-0.2, -0.15) is 0 Å². The first-order valence-corrected chi connectivity index (χ1v) is 10.6. The minimum atomic E-state index is 0.631. The molecular weight excluding hydrogens is 352 g/mol. The summed E-state index contributed by atoms with van der Waals surface area (Å²) in [5.74, 6) is 3.35. The number of guanidine groups is 1. The molecule has 1 aromatic carbocycles. The summed E-state index contributed by atoms with van der Waals surface area (Å²) in [5.41, 5.74) is 1.25. The molecule has 0 amide bonds. The third-order valence-electron chi connectivity index (χ3n) is 6.04. The molecule has 0 spiro atoms. The second-order valence-corrected chi connectivity index (χ2v) is 8.00. The summed E-state index contributed by atoms with van der Waals surface area (Å²) in [7, 11) is 5.75. The lowest BCUT2D eigenvalue weighted by atomic mass is 9.96. The topological polar surface area (TPSA) is 49.3 Å². The third-order valence-corrected chi connectivity index (χ3v) is 6.04. The summed E-state index contributed by atoms with van der Waals surface area (Å²) in [5, 5.41) is 3.59. The van der Waals surface area contributed by atoms with E-state index in [-0.39, 0.29) is 0 Å². The molecule has 0 aromatic heterocycles. The monoisotopic (exact) mass is 388 g/mol. The van der Waals surface area contributed by atoms with Crippen LogP contribution in [0.3, 0.4) is 0 Å². The molecular formula is C22H36N4O2. The molecule has 6 heteroatoms. The molecule has 2 saturated heterocycles. The van der Waals surface area contributed by atoms with Crippen LogP contribution in [0.5, 0.6) is 5.75 Å². The van der Waals surface area contributed by atoms with Crippen LogP contribution in [0.2, 0.25) is 0 Å². The van der Waals surface area contributed by atoms with Crippen LogP contribution in [0.25, 0.3) is 0 Å². The van der Waals surface area contributed by atoms with E-state index in [9.17, 15) is 0 Å². The van der Waals surface area contributed by atoms with E-state index in [0.717, 1.165) is 57.0 Å². The standard InChI is InChI=1S/C22H36N4O2/c1-23-22(25(2)11-7-18-9-13-28-14-10-18)24-16-19-8-12-26(17-19)20-5-4-6-21(15-20)27-3/h4-6,15,18-19H,7-14,16-17H2,1-3H3,(H,23,24). The van der Waals surface area contributed by atoms with Crippen LogP contribution in [0.4, 0.5) is 5.69 Å². The number of rotatable bonds is 7. The predicted molar refractivity (Wildman–Crippen MR) is 115 cm³/mol. The van der Waals surface area contributed by atoms with Crippen molar-refractivity contribution in [1.82, 2.24) is 10.2 Å². The molecule has 6 nitrogen and oxygen atoms in total. The van der Waals surface area contributed by atoms with Crippen molar-refractivity contribution in [3.8, 4) is 5.75 Å². The maximum atomic E-state index is 5.46. The molecule has 1 unspecified atom stereocenters. The quantitative estimate of drug-likeness (QED) is 0.575. The van der Waals surface area contributed by atoms with Crippen molar-refractivity contribution in [2.45, 2.75) is 25.7 Å². The lowest BCUT2D eigenvalue weighted by Gasteiger charge is -2.27. The number of methoxy groups -OCH3 is 1. The predicted octanol–water partition coefficient (Wildman–Crippen LogP) is 2.85. The van der Waals surface area contributed by atoms with Gasteiger partial charge in [-0.1, -0.05) is 6.07 Å². The Balaban J connectivity index is 1.42. The molecule has 1 aromatic rings. The van der Waals surface area contributed by atoms with Gasteiger partial charge in [-0.25, -0.2) is 0 Å². The SMILES string of the molecule is CN=C(NCC1CCN(c2cccc(OC)c2)C1)N(C)CCC1CCOCC1. The zero-order chi connectivity index (χ0) is 19.8. The van der Waals surface area contributed by atoms with Gasteiger partial charge in [-0.3, -0.25) is 4.99 Å². The molecule has 1 N–H and O–H groups in total. The van der Waals surface area contributed by atoms with Crippen LogP contribution >= 0.6 is 0 Å². The van der Waals surface area contributed by atoms with Crippen LogP contribution in [0, 0.1) is 11.8 Å². The van der Waals surface area contributed by atoms with Crippen LogP contribution < -0.4 is 15.0 Å². The van der Waals surface area contributed by atoms with Gasteiger partial charge in [-0.15, -0.1) is 0 Å². The second kappa shape index (κ2) is 10.6. The zero-order valence-electron chi connectivity index (χ0n) is 17.7. The highest BCUT2D eigenvalue weighted by Crippen LogP contribution is 2.26. The molecule has 28 heavy (non-hydrogen) atoms. The van der Waals surface area contributed by atoms with Crippen LogP contribution in [-0.4, -0.2) is 71.5 Å². The number of hydrogen-bond acceptors (Lipinski definition) is 4. The molecule has 1 atom stereocenters. The number of anilines is 1. The molecule has 2 aliphatic rings. The number of aliphatic imine (C=N–C) groups is 1. The first kappa shape index (κ1) is 20.8. The zero-order valence-corrected chi connectivity index (χ0v) is 17.7. The van der Waals surface area contributed by atoms with Gasteiger partial charge in [0.2, 0.25) is 0 Å². The Morgan fingerprint density at radius 2 is 2.11 bits per heavy atom. The van der Waals surface area contributed by atoms with E-state index in [1.165, 1.54) is 31.4 Å². The summed E-state index contributed by atoms with van der Waals surface area (Å²) < 4.78 is 10.8. The molecule has 3 rings (SSSR count). The summed E-state index contributed by atoms with van der Waals surface area (Å²) in [6, 6.07) is 8.36. The molecule has 2 aliphatic heterocycles. The lowest BCUT2D eigenvalue weighted by Crippen LogP contribution is -2.42. The minimum absolute atomic E-state index is 0.631. The van der Waals surface area contributed by atoms with Gasteiger partial charge in [0.15, 0.2) is 5.96 Å². The fourth-order valence-electron chi connectivity index (χ4n) is 4.18. The Morgan fingerprint density at radius 3 is 2.86 bits per heavy atom. The summed E-state index contributed by atoms with van der Waals surface area (Å²) in [6.07, 6.45) is 4.81. The van der Waals surface area contributed by atoms with Crippen molar-refractivity contribution >= 4 is 11.6 Å². The summed E-state index contributed by atoms with van der Waals surface area (Å²) >= 11 is 0. The molecule has 0 saturated carbocycles. The Hall–Kier alpha value is -1.95. The fraction of sp³-hybridized carbons (Fsp3) is 0.682. The summed E-state index contributed by atoms with van der Waals surface area (Å²) in [4.78, 5) is 9.21. The van der Waals surface area contributed by atoms with E-state index in [2.05, 4.69) is 45.4 Å². The third kappa shape index (κ3) is 5.77. The lowest BCUT2D eigenvalue weighted by molar-refractivity contribution is 0.0625.